The molecule has 0 aromatic heterocycles. The van der Waals surface area contributed by atoms with Gasteiger partial charge in [-0.15, -0.1) is 0 Å². The van der Waals surface area contributed by atoms with Crippen molar-refractivity contribution in [3.8, 4) is 11.5 Å². The normalized spacial score (nSPS) is 40.3. The molecule has 1 N–H and O–H groups in total. The van der Waals surface area contributed by atoms with Gasteiger partial charge in [-0.2, -0.15) is 0 Å². The summed E-state index contributed by atoms with van der Waals surface area (Å²) in [4.78, 5) is 32.3. The van der Waals surface area contributed by atoms with E-state index < -0.39 is 11.0 Å². The van der Waals surface area contributed by atoms with Gasteiger partial charge in [0.2, 0.25) is 11.8 Å². The molecule has 34 heavy (non-hydrogen) atoms. The van der Waals surface area contributed by atoms with Crippen LogP contribution >= 0.6 is 0 Å². The number of amides is 2. The Kier molecular flexibility index (Phi) is 3.55. The third-order valence-corrected chi connectivity index (χ3v) is 10.4. The molecule has 0 radical (unpaired) electrons. The number of benzene rings is 1. The maximum Gasteiger partial charge on any atom is 0.243 e. The highest BCUT2D eigenvalue weighted by atomic mass is 16.5. The molecule has 1 aliphatic carbocycles. The van der Waals surface area contributed by atoms with Gasteiger partial charge in [0.15, 0.2) is 11.5 Å². The van der Waals surface area contributed by atoms with E-state index in [4.69, 9.17) is 9.47 Å². The number of ether oxygens (including phenoxy) is 2. The quantitative estimate of drug-likeness (QED) is 0.638. The largest absolute Gasteiger partial charge is 0.480 e. The van der Waals surface area contributed by atoms with Crippen molar-refractivity contribution in [2.45, 2.75) is 75.5 Å². The number of anilines is 1. The van der Waals surface area contributed by atoms with Crippen molar-refractivity contribution in [2.75, 3.05) is 25.5 Å². The average Bonchev–Trinajstić information content (AvgIpc) is 3.33. The van der Waals surface area contributed by atoms with E-state index in [1.54, 1.807) is 6.26 Å². The number of hydrogen-bond acceptors (Lipinski definition) is 5. The number of nitrogens with zero attached hydrogens (tertiary/aromatic N) is 2. The van der Waals surface area contributed by atoms with Crippen molar-refractivity contribution < 1.29 is 19.1 Å². The molecule has 2 bridgehead atoms. The smallest absolute Gasteiger partial charge is 0.243 e. The van der Waals surface area contributed by atoms with Crippen molar-refractivity contribution >= 4 is 17.5 Å². The number of hydrogen-bond donors (Lipinski definition) is 1. The molecule has 6 aliphatic heterocycles. The molecule has 6 heterocycles. The number of carbonyl (C=O) groups excluding carboxylic acids is 2. The predicted octanol–water partition coefficient (Wildman–Crippen LogP) is 3.44. The number of piperazine rings is 1. The molecule has 3 spiro atoms. The summed E-state index contributed by atoms with van der Waals surface area (Å²) in [6, 6.07) is 4.00. The lowest BCUT2D eigenvalue weighted by molar-refractivity contribution is -0.184. The third kappa shape index (κ3) is 2.03. The lowest BCUT2D eigenvalue weighted by Gasteiger charge is -2.64. The summed E-state index contributed by atoms with van der Waals surface area (Å²) in [7, 11) is 1.98. The maximum atomic E-state index is 14.1. The van der Waals surface area contributed by atoms with Crippen LogP contribution in [-0.4, -0.2) is 58.4 Å². The molecule has 1 saturated carbocycles. The van der Waals surface area contributed by atoms with E-state index in [1.165, 1.54) is 0 Å². The van der Waals surface area contributed by atoms with Crippen LogP contribution in [0.5, 0.6) is 11.5 Å². The summed E-state index contributed by atoms with van der Waals surface area (Å²) >= 11 is 0. The van der Waals surface area contributed by atoms with E-state index in [2.05, 4.69) is 30.1 Å². The second-order valence-electron chi connectivity index (χ2n) is 12.5. The van der Waals surface area contributed by atoms with Gasteiger partial charge in [-0.3, -0.25) is 14.5 Å². The molecule has 1 aromatic carbocycles. The summed E-state index contributed by atoms with van der Waals surface area (Å²) in [5.74, 6) is 1.71. The zero-order valence-electron chi connectivity index (χ0n) is 20.7. The average molecular weight is 464 g/mol. The first-order valence-electron chi connectivity index (χ1n) is 12.5. The summed E-state index contributed by atoms with van der Waals surface area (Å²) < 4.78 is 12.2. The topological polar surface area (TPSA) is 71.1 Å². The van der Waals surface area contributed by atoms with Gasteiger partial charge in [-0.25, -0.2) is 0 Å². The van der Waals surface area contributed by atoms with Crippen LogP contribution in [0.3, 0.4) is 0 Å². The Labute approximate surface area is 200 Å². The van der Waals surface area contributed by atoms with Crippen LogP contribution < -0.4 is 14.8 Å². The molecule has 5 fully saturated rings. The summed E-state index contributed by atoms with van der Waals surface area (Å²) in [6.45, 7) is 10.3. The Morgan fingerprint density at radius 2 is 1.94 bits per heavy atom. The van der Waals surface area contributed by atoms with Crippen LogP contribution in [-0.2, 0) is 15.0 Å². The Morgan fingerprint density at radius 3 is 2.74 bits per heavy atom. The highest BCUT2D eigenvalue weighted by Crippen LogP contribution is 2.72. The molecule has 7 heteroatoms. The van der Waals surface area contributed by atoms with Crippen LogP contribution in [0, 0.1) is 11.3 Å². The molecule has 0 unspecified atom stereocenters. The van der Waals surface area contributed by atoms with Crippen molar-refractivity contribution in [1.82, 2.24) is 9.80 Å². The van der Waals surface area contributed by atoms with Gasteiger partial charge in [0, 0.05) is 13.6 Å². The van der Waals surface area contributed by atoms with Gasteiger partial charge < -0.3 is 19.7 Å². The minimum absolute atomic E-state index is 0.0164. The Morgan fingerprint density at radius 1 is 1.15 bits per heavy atom. The standard InChI is InChI=1S/C27H33N3O4/c1-23(2)10-12-33-20-17(34-23)8-7-16-19(20)28-21(31)27(16)14-26-15-30-11-6-9-25(30,22(32)29(26)5)13-18(26)24(27,3)4/h7-8,10,12,18H,6,9,11,13-15H2,1-5H3,(H,28,31)/t18-,25-,26+,27+/m1/s1. The van der Waals surface area contributed by atoms with Crippen LogP contribution in [0.25, 0.3) is 0 Å². The zero-order chi connectivity index (χ0) is 23.9. The monoisotopic (exact) mass is 463 g/mol. The first-order valence-corrected chi connectivity index (χ1v) is 12.5. The molecule has 7 nitrogen and oxygen atoms in total. The highest BCUT2D eigenvalue weighted by molar-refractivity contribution is 6.09. The van der Waals surface area contributed by atoms with Gasteiger partial charge in [0.1, 0.15) is 11.1 Å². The molecule has 4 saturated heterocycles. The van der Waals surface area contributed by atoms with E-state index in [0.717, 1.165) is 43.6 Å². The van der Waals surface area contributed by atoms with E-state index >= 15 is 0 Å². The second-order valence-corrected chi connectivity index (χ2v) is 12.5. The maximum absolute atomic E-state index is 14.1. The Bertz CT molecular complexity index is 1200. The van der Waals surface area contributed by atoms with Gasteiger partial charge in [0.25, 0.3) is 0 Å². The summed E-state index contributed by atoms with van der Waals surface area (Å²) in [6.07, 6.45) is 7.01. The Balaban J connectivity index is 1.42. The van der Waals surface area contributed by atoms with Crippen molar-refractivity contribution in [1.29, 1.82) is 0 Å². The SMILES string of the molecule is CN1C(=O)[C@]23CCCN2C[C@]12C[C@]1(C(=O)Nc4c1ccc1c4OC=CC(C)(C)O1)C(C)(C)[C@H]2C3. The fourth-order valence-electron chi connectivity index (χ4n) is 8.74. The van der Waals surface area contributed by atoms with Gasteiger partial charge in [-0.1, -0.05) is 19.9 Å². The van der Waals surface area contributed by atoms with E-state index in [9.17, 15) is 9.59 Å². The summed E-state index contributed by atoms with van der Waals surface area (Å²) in [5.41, 5.74) is -0.627. The molecular formula is C27H33N3O4. The molecule has 1 aromatic rings. The fourth-order valence-corrected chi connectivity index (χ4v) is 8.74. The number of carbonyl (C=O) groups is 2. The third-order valence-electron chi connectivity index (χ3n) is 10.4. The minimum Gasteiger partial charge on any atom is -0.480 e. The molecule has 7 aliphatic rings. The van der Waals surface area contributed by atoms with Gasteiger partial charge >= 0.3 is 0 Å². The van der Waals surface area contributed by atoms with E-state index in [1.807, 2.05) is 37.9 Å². The number of nitrogens with one attached hydrogen (secondary N) is 1. The minimum atomic E-state index is -0.739. The Hall–Kier alpha value is -2.54. The zero-order valence-corrected chi connectivity index (χ0v) is 20.7. The van der Waals surface area contributed by atoms with E-state index in [0.29, 0.717) is 17.9 Å². The van der Waals surface area contributed by atoms with Crippen LogP contribution in [0.1, 0.15) is 58.9 Å². The number of piperidine rings is 2. The van der Waals surface area contributed by atoms with Crippen molar-refractivity contribution in [3.63, 3.8) is 0 Å². The lowest BCUT2D eigenvalue weighted by Crippen LogP contribution is -2.78. The molecule has 8 rings (SSSR count). The number of fused-ring (bicyclic) bond motifs is 5. The molecule has 2 amide bonds. The first-order chi connectivity index (χ1) is 16.0. The second kappa shape index (κ2) is 5.81. The van der Waals surface area contributed by atoms with Crippen LogP contribution in [0.2, 0.25) is 0 Å². The molecule has 180 valence electrons. The highest BCUT2D eigenvalue weighted by Gasteiger charge is 2.79. The van der Waals surface area contributed by atoms with Crippen LogP contribution in [0.4, 0.5) is 5.69 Å². The van der Waals surface area contributed by atoms with E-state index in [-0.39, 0.29) is 34.2 Å². The number of rotatable bonds is 0. The van der Waals surface area contributed by atoms with Gasteiger partial charge in [-0.05, 0) is 75.1 Å². The van der Waals surface area contributed by atoms with Gasteiger partial charge in [0.05, 0.1) is 22.9 Å². The molecular weight excluding hydrogens is 430 g/mol. The number of likely N-dealkylation sites (N-methyl/N-ethyl adjacent to an activating group) is 1. The van der Waals surface area contributed by atoms with Crippen molar-refractivity contribution in [3.05, 3.63) is 30.0 Å². The summed E-state index contributed by atoms with van der Waals surface area (Å²) in [5, 5.41) is 3.21. The fraction of sp³-hybridized carbons (Fsp3) is 0.630. The predicted molar refractivity (Wildman–Crippen MR) is 127 cm³/mol. The lowest BCUT2D eigenvalue weighted by atomic mass is 9.57. The first kappa shape index (κ1) is 20.8. The van der Waals surface area contributed by atoms with Crippen LogP contribution in [0.15, 0.2) is 24.5 Å². The molecule has 4 atom stereocenters. The van der Waals surface area contributed by atoms with Crippen molar-refractivity contribution in [2.24, 2.45) is 11.3 Å².